The number of anilines is 1. The van der Waals surface area contributed by atoms with Crippen molar-refractivity contribution in [1.82, 2.24) is 4.90 Å². The Labute approximate surface area is 120 Å². The van der Waals surface area contributed by atoms with Crippen molar-refractivity contribution in [3.63, 3.8) is 0 Å². The lowest BCUT2D eigenvalue weighted by Crippen LogP contribution is -2.40. The van der Waals surface area contributed by atoms with Gasteiger partial charge in [-0.1, -0.05) is 17.7 Å². The van der Waals surface area contributed by atoms with Crippen LogP contribution in [0.1, 0.15) is 19.4 Å². The van der Waals surface area contributed by atoms with Crippen LogP contribution in [-0.4, -0.2) is 38.1 Å². The maximum Gasteiger partial charge on any atom is 0.0494 e. The molecule has 1 aromatic rings. The molecular formula is C14H22Cl2N2. The van der Waals surface area contributed by atoms with Crippen LogP contribution in [0.3, 0.4) is 0 Å². The third-order valence-electron chi connectivity index (χ3n) is 3.00. The van der Waals surface area contributed by atoms with E-state index in [1.165, 1.54) is 0 Å². The molecule has 102 valence electrons. The van der Waals surface area contributed by atoms with Gasteiger partial charge in [-0.3, -0.25) is 0 Å². The van der Waals surface area contributed by atoms with Gasteiger partial charge in [-0.15, -0.1) is 11.6 Å². The smallest absolute Gasteiger partial charge is 0.0494 e. The summed E-state index contributed by atoms with van der Waals surface area (Å²) in [5, 5.41) is 0.759. The quantitative estimate of drug-likeness (QED) is 0.734. The summed E-state index contributed by atoms with van der Waals surface area (Å²) in [7, 11) is 4.18. The number of hydrogen-bond donors (Lipinski definition) is 0. The first-order valence-electron chi connectivity index (χ1n) is 6.25. The molecule has 0 heterocycles. The third kappa shape index (κ3) is 4.04. The molecule has 0 N–H and O–H groups in total. The van der Waals surface area contributed by atoms with E-state index in [2.05, 4.69) is 37.7 Å². The van der Waals surface area contributed by atoms with Crippen molar-refractivity contribution in [1.29, 1.82) is 0 Å². The third-order valence-corrected chi connectivity index (χ3v) is 3.53. The Bertz CT molecular complexity index is 380. The highest BCUT2D eigenvalue weighted by atomic mass is 35.5. The van der Waals surface area contributed by atoms with Crippen LogP contribution >= 0.6 is 23.2 Å². The lowest BCUT2D eigenvalue weighted by molar-refractivity contribution is 0.373. The van der Waals surface area contributed by atoms with Crippen molar-refractivity contribution in [2.45, 2.75) is 25.8 Å². The number of rotatable bonds is 6. The molecule has 1 atom stereocenters. The van der Waals surface area contributed by atoms with E-state index < -0.39 is 0 Å². The first-order valence-corrected chi connectivity index (χ1v) is 7.16. The number of alkyl halides is 1. The molecule has 4 heteroatoms. The van der Waals surface area contributed by atoms with Gasteiger partial charge in [0.15, 0.2) is 0 Å². The van der Waals surface area contributed by atoms with Crippen molar-refractivity contribution in [3.8, 4) is 0 Å². The molecule has 1 rings (SSSR count). The number of hydrogen-bond acceptors (Lipinski definition) is 2. The highest BCUT2D eigenvalue weighted by Gasteiger charge is 2.16. The van der Waals surface area contributed by atoms with E-state index in [-0.39, 0.29) is 0 Å². The van der Waals surface area contributed by atoms with Crippen molar-refractivity contribution >= 4 is 28.9 Å². The Morgan fingerprint density at radius 3 is 2.44 bits per heavy atom. The summed E-state index contributed by atoms with van der Waals surface area (Å²) in [5.74, 6) is 0.512. The number of halogens is 2. The van der Waals surface area contributed by atoms with E-state index in [1.807, 2.05) is 18.2 Å². The minimum absolute atomic E-state index is 0.422. The largest absolute Gasteiger partial charge is 0.368 e. The van der Waals surface area contributed by atoms with Gasteiger partial charge in [0.25, 0.3) is 0 Å². The Kier molecular flexibility index (Phi) is 6.27. The van der Waals surface area contributed by atoms with Gasteiger partial charge in [0.1, 0.15) is 0 Å². The monoisotopic (exact) mass is 288 g/mol. The molecule has 0 bridgehead atoms. The Morgan fingerprint density at radius 2 is 1.94 bits per heavy atom. The van der Waals surface area contributed by atoms with Gasteiger partial charge in [-0.05, 0) is 45.6 Å². The van der Waals surface area contributed by atoms with Crippen LogP contribution in [0.4, 0.5) is 5.69 Å². The fourth-order valence-corrected chi connectivity index (χ4v) is 2.66. The van der Waals surface area contributed by atoms with E-state index >= 15 is 0 Å². The predicted octanol–water partition coefficient (Wildman–Crippen LogP) is 3.86. The summed E-state index contributed by atoms with van der Waals surface area (Å²) < 4.78 is 0. The number of likely N-dealkylation sites (N-methyl/N-ethyl adjacent to an activating group) is 2. The molecule has 0 radical (unpaired) electrons. The second-order valence-electron chi connectivity index (χ2n) is 4.80. The molecule has 0 amide bonds. The summed E-state index contributed by atoms with van der Waals surface area (Å²) in [6.07, 6.45) is 0. The maximum atomic E-state index is 6.11. The zero-order valence-electron chi connectivity index (χ0n) is 11.6. The molecule has 0 aliphatic heterocycles. The molecule has 0 aromatic heterocycles. The van der Waals surface area contributed by atoms with Crippen LogP contribution in [0.5, 0.6) is 0 Å². The van der Waals surface area contributed by atoms with Crippen molar-refractivity contribution in [2.75, 3.05) is 32.1 Å². The van der Waals surface area contributed by atoms with Crippen molar-refractivity contribution < 1.29 is 0 Å². The second kappa shape index (κ2) is 7.22. The average molecular weight is 289 g/mol. The summed E-state index contributed by atoms with van der Waals surface area (Å²) in [6, 6.07) is 6.34. The van der Waals surface area contributed by atoms with Crippen LogP contribution in [0.15, 0.2) is 18.2 Å². The lowest BCUT2D eigenvalue weighted by atomic mass is 10.1. The maximum absolute atomic E-state index is 6.11. The molecule has 1 aromatic carbocycles. The Morgan fingerprint density at radius 1 is 1.28 bits per heavy atom. The SMILES string of the molecule is CCN(c1cc(Cl)ccc1CCl)C(C)CN(C)C. The fourth-order valence-electron chi connectivity index (χ4n) is 2.26. The van der Waals surface area contributed by atoms with E-state index in [4.69, 9.17) is 23.2 Å². The molecule has 2 nitrogen and oxygen atoms in total. The summed E-state index contributed by atoms with van der Waals surface area (Å²) in [6.45, 7) is 6.33. The molecule has 0 aliphatic carbocycles. The Balaban J connectivity index is 3.03. The molecule has 18 heavy (non-hydrogen) atoms. The van der Waals surface area contributed by atoms with Gasteiger partial charge < -0.3 is 9.80 Å². The average Bonchev–Trinajstić information content (AvgIpc) is 2.29. The number of nitrogens with zero attached hydrogens (tertiary/aromatic N) is 2. The predicted molar refractivity (Wildman–Crippen MR) is 82.0 cm³/mol. The van der Waals surface area contributed by atoms with E-state index in [0.717, 1.165) is 29.4 Å². The fraction of sp³-hybridized carbons (Fsp3) is 0.571. The van der Waals surface area contributed by atoms with E-state index in [0.29, 0.717) is 11.9 Å². The zero-order valence-corrected chi connectivity index (χ0v) is 13.1. The van der Waals surface area contributed by atoms with Crippen LogP contribution in [0.2, 0.25) is 5.02 Å². The molecule has 0 spiro atoms. The van der Waals surface area contributed by atoms with Gasteiger partial charge in [0.05, 0.1) is 0 Å². The molecule has 0 fully saturated rings. The number of benzene rings is 1. The molecular weight excluding hydrogens is 267 g/mol. The topological polar surface area (TPSA) is 6.48 Å². The van der Waals surface area contributed by atoms with Crippen molar-refractivity contribution in [3.05, 3.63) is 28.8 Å². The van der Waals surface area contributed by atoms with Crippen LogP contribution < -0.4 is 4.90 Å². The van der Waals surface area contributed by atoms with Gasteiger partial charge in [0, 0.05) is 35.7 Å². The molecule has 0 aliphatic rings. The van der Waals surface area contributed by atoms with Gasteiger partial charge in [-0.25, -0.2) is 0 Å². The summed E-state index contributed by atoms with van der Waals surface area (Å²) >= 11 is 12.1. The standard InChI is InChI=1S/C14H22Cl2N2/c1-5-18(11(2)10-17(3)4)14-8-13(16)7-6-12(14)9-15/h6-8,11H,5,9-10H2,1-4H3. The van der Waals surface area contributed by atoms with Crippen molar-refractivity contribution in [2.24, 2.45) is 0 Å². The normalized spacial score (nSPS) is 12.8. The van der Waals surface area contributed by atoms with Gasteiger partial charge in [-0.2, -0.15) is 0 Å². The minimum atomic E-state index is 0.422. The van der Waals surface area contributed by atoms with Gasteiger partial charge in [0.2, 0.25) is 0 Å². The van der Waals surface area contributed by atoms with E-state index in [1.54, 1.807) is 0 Å². The highest BCUT2D eigenvalue weighted by Crippen LogP contribution is 2.27. The highest BCUT2D eigenvalue weighted by molar-refractivity contribution is 6.31. The minimum Gasteiger partial charge on any atom is -0.368 e. The van der Waals surface area contributed by atoms with Crippen LogP contribution in [0.25, 0.3) is 0 Å². The Hall–Kier alpha value is -0.440. The summed E-state index contributed by atoms with van der Waals surface area (Å²) in [4.78, 5) is 4.54. The zero-order chi connectivity index (χ0) is 13.7. The van der Waals surface area contributed by atoms with Gasteiger partial charge >= 0.3 is 0 Å². The molecule has 0 saturated carbocycles. The summed E-state index contributed by atoms with van der Waals surface area (Å²) in [5.41, 5.74) is 2.28. The second-order valence-corrected chi connectivity index (χ2v) is 5.51. The van der Waals surface area contributed by atoms with Crippen LogP contribution in [-0.2, 0) is 5.88 Å². The van der Waals surface area contributed by atoms with Crippen LogP contribution in [0, 0.1) is 0 Å². The first kappa shape index (κ1) is 15.6. The lowest BCUT2D eigenvalue weighted by Gasteiger charge is -2.33. The van der Waals surface area contributed by atoms with E-state index in [9.17, 15) is 0 Å². The molecule has 0 saturated heterocycles. The molecule has 1 unspecified atom stereocenters. The first-order chi connectivity index (χ1) is 8.49.